The monoisotopic (exact) mass is 279 g/mol. The molecule has 0 fully saturated rings. The zero-order valence-corrected chi connectivity index (χ0v) is 8.23. The molecule has 0 radical (unpaired) electrons. The van der Waals surface area contributed by atoms with Crippen molar-refractivity contribution in [3.63, 3.8) is 0 Å². The van der Waals surface area contributed by atoms with E-state index >= 15 is 0 Å². The average molecular weight is 279 g/mol. The highest BCUT2D eigenvalue weighted by Crippen LogP contribution is 2.40. The van der Waals surface area contributed by atoms with Gasteiger partial charge in [0, 0.05) is 0 Å². The number of pyridine rings is 1. The highest BCUT2D eigenvalue weighted by Gasteiger charge is 2.43. The molecule has 0 spiro atoms. The Kier molecular flexibility index (Phi) is 3.70. The molecule has 0 aliphatic carbocycles. The summed E-state index contributed by atoms with van der Waals surface area (Å²) in [5, 5.41) is 8.50. The van der Waals surface area contributed by atoms with Gasteiger partial charge in [-0.05, 0) is 0 Å². The van der Waals surface area contributed by atoms with Gasteiger partial charge in [0.2, 0.25) is 0 Å². The van der Waals surface area contributed by atoms with E-state index in [2.05, 4.69) is 9.72 Å². The summed E-state index contributed by atoms with van der Waals surface area (Å²) >= 11 is 0. The highest BCUT2D eigenvalue weighted by molar-refractivity contribution is 5.36. The molecule has 102 valence electrons. The van der Waals surface area contributed by atoms with Crippen molar-refractivity contribution in [1.29, 1.82) is 0 Å². The van der Waals surface area contributed by atoms with Crippen LogP contribution >= 0.6 is 0 Å². The summed E-state index contributed by atoms with van der Waals surface area (Å²) in [7, 11) is 0. The summed E-state index contributed by atoms with van der Waals surface area (Å²) in [6, 6.07) is 0. The summed E-state index contributed by atoms with van der Waals surface area (Å²) in [5.74, 6) is -3.92. The van der Waals surface area contributed by atoms with Gasteiger partial charge in [-0.3, -0.25) is 4.98 Å². The number of aromatic nitrogens is 1. The quantitative estimate of drug-likeness (QED) is 0.846. The zero-order valence-electron chi connectivity index (χ0n) is 8.23. The third kappa shape index (κ3) is 3.22. The molecule has 0 saturated carbocycles. The number of rotatable bonds is 2. The van der Waals surface area contributed by atoms with Gasteiger partial charge in [0.25, 0.3) is 0 Å². The highest BCUT2D eigenvalue weighted by atomic mass is 19.4. The third-order valence-electron chi connectivity index (χ3n) is 1.72. The summed E-state index contributed by atoms with van der Waals surface area (Å²) in [4.78, 5) is 2.91. The van der Waals surface area contributed by atoms with Crippen molar-refractivity contribution < 1.29 is 40.6 Å². The number of hydrogen-bond donors (Lipinski definition) is 1. The van der Waals surface area contributed by atoms with Crippen molar-refractivity contribution in [2.45, 2.75) is 19.1 Å². The van der Waals surface area contributed by atoms with Crippen LogP contribution in [0.15, 0.2) is 6.20 Å². The van der Waals surface area contributed by atoms with Gasteiger partial charge < -0.3 is 9.84 Å². The molecule has 1 rings (SSSR count). The van der Waals surface area contributed by atoms with Crippen LogP contribution in [0.2, 0.25) is 0 Å². The smallest absolute Gasteiger partial charge is 0.403 e. The molecule has 10 heteroatoms. The van der Waals surface area contributed by atoms with Gasteiger partial charge in [-0.2, -0.15) is 13.2 Å². The number of hydrogen-bond acceptors (Lipinski definition) is 3. The van der Waals surface area contributed by atoms with Crippen LogP contribution in [0.3, 0.4) is 0 Å². The lowest BCUT2D eigenvalue weighted by Crippen LogP contribution is -2.22. The summed E-state index contributed by atoms with van der Waals surface area (Å²) in [6.07, 6.45) is -10.8. The van der Waals surface area contributed by atoms with E-state index in [4.69, 9.17) is 5.11 Å². The summed E-state index contributed by atoms with van der Waals surface area (Å²) < 4.78 is 89.0. The van der Waals surface area contributed by atoms with Gasteiger partial charge in [-0.15, -0.1) is 13.2 Å². The molecule has 0 aliphatic heterocycles. The minimum absolute atomic E-state index is 0.0466. The van der Waals surface area contributed by atoms with Crippen molar-refractivity contribution in [2.24, 2.45) is 0 Å². The van der Waals surface area contributed by atoms with E-state index in [1.807, 2.05) is 0 Å². The van der Waals surface area contributed by atoms with Gasteiger partial charge >= 0.3 is 12.5 Å². The van der Waals surface area contributed by atoms with Crippen molar-refractivity contribution in [2.75, 3.05) is 0 Å². The maximum Gasteiger partial charge on any atom is 0.573 e. The first kappa shape index (κ1) is 14.5. The zero-order chi connectivity index (χ0) is 14.1. The summed E-state index contributed by atoms with van der Waals surface area (Å²) in [5.41, 5.74) is -3.30. The molecule has 0 amide bonds. The minimum Gasteiger partial charge on any atom is -0.403 e. The van der Waals surface area contributed by atoms with Crippen molar-refractivity contribution in [3.05, 3.63) is 23.3 Å². The number of aliphatic hydroxyl groups excluding tert-OH is 1. The molecular weight excluding hydrogens is 275 g/mol. The predicted molar refractivity (Wildman–Crippen MR) is 41.8 cm³/mol. The lowest BCUT2D eigenvalue weighted by molar-refractivity contribution is -0.276. The fourth-order valence-electron chi connectivity index (χ4n) is 1.09. The molecule has 0 saturated heterocycles. The fraction of sp³-hybridized carbons (Fsp3) is 0.375. The van der Waals surface area contributed by atoms with E-state index in [9.17, 15) is 30.7 Å². The second kappa shape index (κ2) is 4.59. The van der Waals surface area contributed by atoms with Crippen molar-refractivity contribution >= 4 is 0 Å². The van der Waals surface area contributed by atoms with E-state index in [0.29, 0.717) is 0 Å². The molecule has 1 heterocycles. The van der Waals surface area contributed by atoms with Gasteiger partial charge in [0.05, 0.1) is 12.8 Å². The minimum atomic E-state index is -5.42. The molecular formula is C8H4F7NO2. The molecule has 3 nitrogen and oxygen atoms in total. The van der Waals surface area contributed by atoms with Gasteiger partial charge in [0.1, 0.15) is 11.3 Å². The normalized spacial score (nSPS) is 12.7. The Morgan fingerprint density at radius 2 is 1.72 bits per heavy atom. The molecule has 1 aromatic rings. The molecule has 1 aromatic heterocycles. The van der Waals surface area contributed by atoms with E-state index in [1.165, 1.54) is 0 Å². The molecule has 0 bridgehead atoms. The van der Waals surface area contributed by atoms with E-state index in [1.54, 1.807) is 0 Å². The molecule has 0 atom stereocenters. The van der Waals surface area contributed by atoms with E-state index in [0.717, 1.165) is 0 Å². The Labute approximate surface area is 94.8 Å². The first-order chi connectivity index (χ1) is 8.06. The largest absolute Gasteiger partial charge is 0.573 e. The van der Waals surface area contributed by atoms with Gasteiger partial charge in [-0.1, -0.05) is 0 Å². The van der Waals surface area contributed by atoms with Crippen LogP contribution in [-0.2, 0) is 12.8 Å². The lowest BCUT2D eigenvalue weighted by atomic mass is 10.2. The Morgan fingerprint density at radius 3 is 2.11 bits per heavy atom. The fourth-order valence-corrected chi connectivity index (χ4v) is 1.09. The van der Waals surface area contributed by atoms with Crippen molar-refractivity contribution in [1.82, 2.24) is 4.98 Å². The SMILES string of the molecule is OCc1ncc(OC(F)(F)F)c(C(F)(F)F)c1F. The topological polar surface area (TPSA) is 42.4 Å². The number of alkyl halides is 6. The summed E-state index contributed by atoms with van der Waals surface area (Å²) in [6.45, 7) is -1.19. The number of nitrogens with zero attached hydrogens (tertiary/aromatic N) is 1. The van der Waals surface area contributed by atoms with E-state index < -0.39 is 42.0 Å². The maximum atomic E-state index is 13.2. The second-order valence-corrected chi connectivity index (χ2v) is 2.96. The number of halogens is 7. The lowest BCUT2D eigenvalue weighted by Gasteiger charge is -2.16. The Hall–Kier alpha value is -1.58. The third-order valence-corrected chi connectivity index (χ3v) is 1.72. The van der Waals surface area contributed by atoms with Gasteiger partial charge in [-0.25, -0.2) is 4.39 Å². The molecule has 1 N–H and O–H groups in total. The Morgan fingerprint density at radius 1 is 1.17 bits per heavy atom. The second-order valence-electron chi connectivity index (χ2n) is 2.96. The maximum absolute atomic E-state index is 13.2. The van der Waals surface area contributed by atoms with Gasteiger partial charge in [0.15, 0.2) is 11.6 Å². The first-order valence-corrected chi connectivity index (χ1v) is 4.17. The van der Waals surface area contributed by atoms with Crippen LogP contribution in [0.5, 0.6) is 5.75 Å². The molecule has 18 heavy (non-hydrogen) atoms. The Balaban J connectivity index is 3.39. The average Bonchev–Trinajstić information content (AvgIpc) is 2.13. The molecule has 0 aliphatic rings. The van der Waals surface area contributed by atoms with Crippen LogP contribution < -0.4 is 4.74 Å². The van der Waals surface area contributed by atoms with Crippen LogP contribution in [0, 0.1) is 5.82 Å². The van der Waals surface area contributed by atoms with Crippen molar-refractivity contribution in [3.8, 4) is 5.75 Å². The van der Waals surface area contributed by atoms with E-state index in [-0.39, 0.29) is 6.20 Å². The first-order valence-electron chi connectivity index (χ1n) is 4.17. The predicted octanol–water partition coefficient (Wildman–Crippen LogP) is 2.63. The van der Waals surface area contributed by atoms with Crippen LogP contribution in [-0.4, -0.2) is 16.5 Å². The number of aliphatic hydroxyl groups is 1. The molecule has 0 unspecified atom stereocenters. The number of ether oxygens (including phenoxy) is 1. The van der Waals surface area contributed by atoms with Crippen LogP contribution in [0.4, 0.5) is 30.7 Å². The Bertz CT molecular complexity index is 440. The van der Waals surface area contributed by atoms with Crippen LogP contribution in [0.1, 0.15) is 11.3 Å². The standard InChI is InChI=1S/C8H4F7NO2/c9-6-3(2-17)16-1-4(18-8(13,14)15)5(6)7(10,11)12/h1,17H,2H2. The molecule has 0 aromatic carbocycles. The van der Waals surface area contributed by atoms with Crippen LogP contribution in [0.25, 0.3) is 0 Å².